The highest BCUT2D eigenvalue weighted by atomic mass is 16.5. The van der Waals surface area contributed by atoms with Crippen LogP contribution in [0.25, 0.3) is 0 Å². The summed E-state index contributed by atoms with van der Waals surface area (Å²) < 4.78 is 5.69. The first-order valence-electron chi connectivity index (χ1n) is 7.51. The van der Waals surface area contributed by atoms with Gasteiger partial charge in [-0.2, -0.15) is 0 Å². The van der Waals surface area contributed by atoms with Crippen molar-refractivity contribution in [1.82, 2.24) is 5.32 Å². The molecule has 0 radical (unpaired) electrons. The first kappa shape index (κ1) is 13.6. The van der Waals surface area contributed by atoms with E-state index in [9.17, 15) is 4.79 Å². The number of nitrogens with one attached hydrogen (secondary N) is 1. The third-order valence-electron chi connectivity index (χ3n) is 4.38. The molecule has 4 nitrogen and oxygen atoms in total. The predicted molar refractivity (Wildman–Crippen MR) is 77.2 cm³/mol. The molecule has 0 spiro atoms. The number of hydrogen-bond donors (Lipinski definition) is 2. The van der Waals surface area contributed by atoms with Gasteiger partial charge < -0.3 is 15.8 Å². The Balaban J connectivity index is 1.72. The smallest absolute Gasteiger partial charge is 0.254 e. The largest absolute Gasteiger partial charge is 0.363 e. The molecule has 1 fully saturated rings. The maximum Gasteiger partial charge on any atom is 0.254 e. The van der Waals surface area contributed by atoms with Gasteiger partial charge in [0.2, 0.25) is 0 Å². The maximum atomic E-state index is 12.5. The highest BCUT2D eigenvalue weighted by Crippen LogP contribution is 2.27. The Bertz CT molecular complexity index is 489. The van der Waals surface area contributed by atoms with E-state index in [1.54, 1.807) is 0 Å². The Morgan fingerprint density at radius 2 is 2.05 bits per heavy atom. The zero-order valence-corrected chi connectivity index (χ0v) is 11.7. The van der Waals surface area contributed by atoms with Crippen LogP contribution in [0.2, 0.25) is 0 Å². The number of rotatable bonds is 2. The predicted octanol–water partition coefficient (Wildman–Crippen LogP) is 1.69. The second-order valence-electron chi connectivity index (χ2n) is 5.76. The molecule has 0 aromatic heterocycles. The normalized spacial score (nSPS) is 29.6. The van der Waals surface area contributed by atoms with Crippen LogP contribution in [0.5, 0.6) is 0 Å². The lowest BCUT2D eigenvalue weighted by Gasteiger charge is -2.32. The number of hydrogen-bond acceptors (Lipinski definition) is 3. The zero-order chi connectivity index (χ0) is 13.9. The van der Waals surface area contributed by atoms with Gasteiger partial charge in [-0.15, -0.1) is 0 Å². The second kappa shape index (κ2) is 5.94. The monoisotopic (exact) mass is 274 g/mol. The minimum Gasteiger partial charge on any atom is -0.363 e. The van der Waals surface area contributed by atoms with E-state index in [2.05, 4.69) is 11.4 Å². The lowest BCUT2D eigenvalue weighted by atomic mass is 9.90. The summed E-state index contributed by atoms with van der Waals surface area (Å²) in [5.74, 6) is -0.0421. The number of ether oxygens (including phenoxy) is 1. The van der Waals surface area contributed by atoms with Crippen molar-refractivity contribution >= 4 is 5.91 Å². The van der Waals surface area contributed by atoms with E-state index in [1.165, 1.54) is 5.56 Å². The second-order valence-corrected chi connectivity index (χ2v) is 5.76. The molecule has 1 heterocycles. The molecule has 0 bridgehead atoms. The summed E-state index contributed by atoms with van der Waals surface area (Å²) >= 11 is 0. The van der Waals surface area contributed by atoms with Crippen molar-refractivity contribution < 1.29 is 9.53 Å². The summed E-state index contributed by atoms with van der Waals surface area (Å²) in [5, 5.41) is 3.09. The van der Waals surface area contributed by atoms with Crippen LogP contribution in [-0.2, 0) is 16.0 Å². The van der Waals surface area contributed by atoms with E-state index in [-0.39, 0.29) is 18.0 Å². The van der Waals surface area contributed by atoms with Gasteiger partial charge in [0.15, 0.2) is 6.10 Å². The lowest BCUT2D eigenvalue weighted by molar-refractivity contribution is -0.135. The highest BCUT2D eigenvalue weighted by molar-refractivity contribution is 5.83. The first-order valence-corrected chi connectivity index (χ1v) is 7.51. The van der Waals surface area contributed by atoms with Crippen LogP contribution >= 0.6 is 0 Å². The molecular weight excluding hydrogens is 252 g/mol. The highest BCUT2D eigenvalue weighted by Gasteiger charge is 2.30. The van der Waals surface area contributed by atoms with E-state index in [4.69, 9.17) is 10.5 Å². The number of carbonyl (C=O) groups excluding carboxylic acids is 1. The molecule has 3 N–H and O–H groups in total. The molecule has 4 heteroatoms. The van der Waals surface area contributed by atoms with Gasteiger partial charge in [-0.3, -0.25) is 4.79 Å². The van der Waals surface area contributed by atoms with Crippen LogP contribution in [0.15, 0.2) is 24.3 Å². The fourth-order valence-electron chi connectivity index (χ4n) is 3.21. The molecule has 3 atom stereocenters. The Kier molecular flexibility index (Phi) is 4.03. The number of carbonyl (C=O) groups is 1. The molecule has 1 aliphatic heterocycles. The van der Waals surface area contributed by atoms with Crippen LogP contribution in [0.4, 0.5) is 0 Å². The van der Waals surface area contributed by atoms with Crippen LogP contribution in [0.1, 0.15) is 42.9 Å². The summed E-state index contributed by atoms with van der Waals surface area (Å²) in [4.78, 5) is 12.5. The topological polar surface area (TPSA) is 64.3 Å². The van der Waals surface area contributed by atoms with Crippen LogP contribution in [0.3, 0.4) is 0 Å². The Labute approximate surface area is 119 Å². The lowest BCUT2D eigenvalue weighted by Crippen LogP contribution is -2.51. The summed E-state index contributed by atoms with van der Waals surface area (Å²) in [5.41, 5.74) is 8.31. The van der Waals surface area contributed by atoms with E-state index < -0.39 is 6.10 Å². The molecule has 1 saturated carbocycles. The van der Waals surface area contributed by atoms with E-state index in [0.717, 1.165) is 37.7 Å². The molecule has 2 aliphatic rings. The summed E-state index contributed by atoms with van der Waals surface area (Å²) in [6.07, 6.45) is 4.67. The Morgan fingerprint density at radius 1 is 1.25 bits per heavy atom. The average Bonchev–Trinajstić information content (AvgIpc) is 2.49. The molecular formula is C16H22N2O2. The van der Waals surface area contributed by atoms with Gasteiger partial charge in [0.25, 0.3) is 5.91 Å². The first-order chi connectivity index (χ1) is 9.75. The van der Waals surface area contributed by atoms with Crippen LogP contribution in [-0.4, -0.2) is 24.6 Å². The molecule has 3 rings (SSSR count). The van der Waals surface area contributed by atoms with Gasteiger partial charge >= 0.3 is 0 Å². The van der Waals surface area contributed by atoms with Crippen molar-refractivity contribution in [2.75, 3.05) is 6.61 Å². The summed E-state index contributed by atoms with van der Waals surface area (Å²) in [7, 11) is 0. The third-order valence-corrected chi connectivity index (χ3v) is 4.38. The Hall–Kier alpha value is -1.39. The van der Waals surface area contributed by atoms with Crippen LogP contribution in [0, 0.1) is 0 Å². The van der Waals surface area contributed by atoms with Crippen molar-refractivity contribution in [3.8, 4) is 0 Å². The molecule has 1 amide bonds. The van der Waals surface area contributed by atoms with Gasteiger partial charge in [-0.25, -0.2) is 0 Å². The van der Waals surface area contributed by atoms with E-state index in [1.807, 2.05) is 18.2 Å². The van der Waals surface area contributed by atoms with Crippen molar-refractivity contribution in [1.29, 1.82) is 0 Å². The van der Waals surface area contributed by atoms with Gasteiger partial charge in [-0.1, -0.05) is 37.1 Å². The fourth-order valence-corrected chi connectivity index (χ4v) is 3.21. The Morgan fingerprint density at radius 3 is 2.90 bits per heavy atom. The molecule has 20 heavy (non-hydrogen) atoms. The number of fused-ring (bicyclic) bond motifs is 1. The third kappa shape index (κ3) is 2.72. The minimum atomic E-state index is -0.478. The van der Waals surface area contributed by atoms with Gasteiger partial charge in [0.05, 0.1) is 6.61 Å². The van der Waals surface area contributed by atoms with Crippen molar-refractivity contribution in [3.63, 3.8) is 0 Å². The quantitative estimate of drug-likeness (QED) is 0.862. The molecule has 1 aliphatic carbocycles. The van der Waals surface area contributed by atoms with Crippen LogP contribution < -0.4 is 11.1 Å². The molecule has 0 saturated heterocycles. The van der Waals surface area contributed by atoms with Crippen molar-refractivity contribution in [2.45, 2.75) is 50.3 Å². The minimum absolute atomic E-state index is 0.0421. The zero-order valence-electron chi connectivity index (χ0n) is 11.7. The van der Waals surface area contributed by atoms with E-state index in [0.29, 0.717) is 6.61 Å². The SMILES string of the molecule is N[C@@H]1CCCC[C@H]1NC(=O)C1OCCc2ccccc21. The molecule has 1 aromatic carbocycles. The van der Waals surface area contributed by atoms with Gasteiger partial charge in [0, 0.05) is 12.1 Å². The average molecular weight is 274 g/mol. The summed E-state index contributed by atoms with van der Waals surface area (Å²) in [6.45, 7) is 0.603. The fraction of sp³-hybridized carbons (Fsp3) is 0.562. The molecule has 108 valence electrons. The van der Waals surface area contributed by atoms with Crippen molar-refractivity contribution in [2.24, 2.45) is 5.73 Å². The number of amides is 1. The molecule has 1 aromatic rings. The number of benzene rings is 1. The summed E-state index contributed by atoms with van der Waals surface area (Å²) in [6, 6.07) is 8.20. The van der Waals surface area contributed by atoms with E-state index >= 15 is 0 Å². The maximum absolute atomic E-state index is 12.5. The van der Waals surface area contributed by atoms with Gasteiger partial charge in [-0.05, 0) is 30.4 Å². The molecule has 1 unspecified atom stereocenters. The standard InChI is InChI=1S/C16H22N2O2/c17-13-7-3-4-8-14(13)18-16(19)15-12-6-2-1-5-11(12)9-10-20-15/h1-2,5-6,13-15H,3-4,7-10,17H2,(H,18,19)/t13-,14-,15?/m1/s1. The number of nitrogens with two attached hydrogens (primary N) is 1. The van der Waals surface area contributed by atoms with Crippen molar-refractivity contribution in [3.05, 3.63) is 35.4 Å². The van der Waals surface area contributed by atoms with Gasteiger partial charge in [0.1, 0.15) is 0 Å².